The molecule has 35 heavy (non-hydrogen) atoms. The number of para-hydroxylation sites is 1. The van der Waals surface area contributed by atoms with Crippen LogP contribution in [0.4, 0.5) is 4.39 Å². The van der Waals surface area contributed by atoms with Gasteiger partial charge in [0, 0.05) is 42.9 Å². The van der Waals surface area contributed by atoms with Gasteiger partial charge in [0.2, 0.25) is 0 Å². The fraction of sp³-hybridized carbons (Fsp3) is 0.357. The van der Waals surface area contributed by atoms with Crippen LogP contribution in [0.3, 0.4) is 0 Å². The Balaban J connectivity index is 1.33. The molecule has 2 aliphatic rings. The van der Waals surface area contributed by atoms with Crippen molar-refractivity contribution in [3.8, 4) is 11.3 Å². The first-order valence-electron chi connectivity index (χ1n) is 12.5. The Labute approximate surface area is 203 Å². The molecule has 1 atom stereocenters. The minimum atomic E-state index is -0.295. The average molecular weight is 470 g/mol. The van der Waals surface area contributed by atoms with Gasteiger partial charge < -0.3 is 9.47 Å². The van der Waals surface area contributed by atoms with Gasteiger partial charge in [-0.3, -0.25) is 4.79 Å². The third kappa shape index (κ3) is 4.20. The monoisotopic (exact) mass is 469 g/mol. The summed E-state index contributed by atoms with van der Waals surface area (Å²) in [5.74, 6) is 2.02. The Morgan fingerprint density at radius 2 is 1.80 bits per heavy atom. The van der Waals surface area contributed by atoms with Crippen LogP contribution in [0.25, 0.3) is 22.2 Å². The Hall–Kier alpha value is -3.61. The van der Waals surface area contributed by atoms with Crippen LogP contribution in [0.5, 0.6) is 0 Å². The zero-order valence-electron chi connectivity index (χ0n) is 19.7. The number of carbonyl (C=O) groups is 1. The highest BCUT2D eigenvalue weighted by Crippen LogP contribution is 2.31. The van der Waals surface area contributed by atoms with Crippen LogP contribution < -0.4 is 0 Å². The maximum atomic E-state index is 13.9. The summed E-state index contributed by atoms with van der Waals surface area (Å²) in [7, 11) is 0. The summed E-state index contributed by atoms with van der Waals surface area (Å²) in [5.41, 5.74) is 2.85. The number of aromatic nitrogens is 4. The quantitative estimate of drug-likeness (QED) is 0.404. The molecule has 4 heterocycles. The fourth-order valence-electron chi connectivity index (χ4n) is 5.47. The van der Waals surface area contributed by atoms with E-state index in [1.807, 2.05) is 35.2 Å². The van der Waals surface area contributed by atoms with E-state index < -0.39 is 0 Å². The van der Waals surface area contributed by atoms with Crippen molar-refractivity contribution in [2.45, 2.75) is 51.0 Å². The molecule has 0 bridgehead atoms. The molecule has 0 aliphatic carbocycles. The number of rotatable bonds is 3. The largest absolute Gasteiger partial charge is 0.338 e. The molecule has 2 aliphatic heterocycles. The fourth-order valence-corrected chi connectivity index (χ4v) is 5.47. The molecule has 0 spiro atoms. The van der Waals surface area contributed by atoms with Crippen molar-refractivity contribution < 1.29 is 9.18 Å². The topological polar surface area (TPSA) is 63.9 Å². The van der Waals surface area contributed by atoms with Crippen molar-refractivity contribution in [1.29, 1.82) is 0 Å². The van der Waals surface area contributed by atoms with Crippen LogP contribution in [-0.2, 0) is 13.0 Å². The van der Waals surface area contributed by atoms with Crippen LogP contribution in [0.15, 0.2) is 54.6 Å². The van der Waals surface area contributed by atoms with Crippen molar-refractivity contribution in [2.75, 3.05) is 13.1 Å². The molecule has 6 rings (SSSR count). The summed E-state index contributed by atoms with van der Waals surface area (Å²) in [6.45, 7) is 2.33. The molecule has 7 heteroatoms. The first-order valence-corrected chi connectivity index (χ1v) is 12.5. The van der Waals surface area contributed by atoms with E-state index in [1.165, 1.54) is 25.0 Å². The molecule has 178 valence electrons. The second-order valence-corrected chi connectivity index (χ2v) is 9.61. The molecule has 1 unspecified atom stereocenters. The molecular weight excluding hydrogens is 441 g/mol. The Bertz CT molecular complexity index is 1380. The van der Waals surface area contributed by atoms with Crippen LogP contribution in [0.2, 0.25) is 0 Å². The number of likely N-dealkylation sites (tertiary alicyclic amines) is 1. The highest BCUT2D eigenvalue weighted by atomic mass is 19.1. The summed E-state index contributed by atoms with van der Waals surface area (Å²) >= 11 is 0. The number of halogens is 1. The molecule has 4 aromatic rings. The molecule has 0 radical (unpaired) electrons. The number of aryl methyl sites for hydroxylation is 1. The molecule has 2 aromatic heterocycles. The summed E-state index contributed by atoms with van der Waals surface area (Å²) < 4.78 is 15.8. The maximum Gasteiger partial charge on any atom is 0.254 e. The van der Waals surface area contributed by atoms with Gasteiger partial charge in [-0.15, -0.1) is 10.2 Å². The van der Waals surface area contributed by atoms with Crippen molar-refractivity contribution in [2.24, 2.45) is 0 Å². The molecular formula is C28H28FN5O. The minimum absolute atomic E-state index is 0.00673. The van der Waals surface area contributed by atoms with Crippen molar-refractivity contribution in [3.63, 3.8) is 0 Å². The molecule has 1 amide bonds. The Morgan fingerprint density at radius 3 is 2.69 bits per heavy atom. The van der Waals surface area contributed by atoms with E-state index in [1.54, 1.807) is 12.1 Å². The SMILES string of the molecule is O=C(c1cc(-c2ccc(F)cc2)nc2ccccc12)N1CCCC(c2nnc3n2CCCCC3)C1. The Morgan fingerprint density at radius 1 is 0.943 bits per heavy atom. The van der Waals surface area contributed by atoms with Gasteiger partial charge in [0.15, 0.2) is 0 Å². The normalized spacial score (nSPS) is 18.3. The van der Waals surface area contributed by atoms with Gasteiger partial charge >= 0.3 is 0 Å². The van der Waals surface area contributed by atoms with Gasteiger partial charge in [-0.2, -0.15) is 0 Å². The van der Waals surface area contributed by atoms with Gasteiger partial charge in [0.25, 0.3) is 5.91 Å². The van der Waals surface area contributed by atoms with Crippen molar-refractivity contribution >= 4 is 16.8 Å². The lowest BCUT2D eigenvalue weighted by atomic mass is 9.95. The van der Waals surface area contributed by atoms with E-state index in [0.717, 1.165) is 66.9 Å². The number of benzene rings is 2. The minimum Gasteiger partial charge on any atom is -0.338 e. The van der Waals surface area contributed by atoms with Crippen molar-refractivity contribution in [3.05, 3.63) is 77.6 Å². The van der Waals surface area contributed by atoms with Gasteiger partial charge in [-0.05, 0) is 62.1 Å². The van der Waals surface area contributed by atoms with Gasteiger partial charge in [0.05, 0.1) is 16.8 Å². The maximum absolute atomic E-state index is 13.9. The van der Waals surface area contributed by atoms with Crippen molar-refractivity contribution in [1.82, 2.24) is 24.6 Å². The second kappa shape index (κ2) is 9.21. The van der Waals surface area contributed by atoms with E-state index >= 15 is 0 Å². The number of pyridine rings is 1. The highest BCUT2D eigenvalue weighted by Gasteiger charge is 2.30. The van der Waals surface area contributed by atoms with Crippen LogP contribution in [-0.4, -0.2) is 43.6 Å². The zero-order chi connectivity index (χ0) is 23.8. The Kier molecular flexibility index (Phi) is 5.76. The molecule has 0 N–H and O–H groups in total. The van der Waals surface area contributed by atoms with E-state index in [0.29, 0.717) is 17.8 Å². The first-order chi connectivity index (χ1) is 17.2. The van der Waals surface area contributed by atoms with Gasteiger partial charge in [-0.25, -0.2) is 9.37 Å². The zero-order valence-corrected chi connectivity index (χ0v) is 19.7. The van der Waals surface area contributed by atoms with Crippen LogP contribution in [0, 0.1) is 5.82 Å². The predicted octanol–water partition coefficient (Wildman–Crippen LogP) is 5.38. The predicted molar refractivity (Wildman–Crippen MR) is 133 cm³/mol. The summed E-state index contributed by atoms with van der Waals surface area (Å²) in [5, 5.41) is 9.90. The molecule has 2 aromatic carbocycles. The standard InChI is InChI=1S/C28H28FN5O/c29-21-13-11-19(12-14-21)25-17-23(22-8-3-4-9-24(22)30-25)28(35)33-15-6-7-20(18-33)27-32-31-26-10-2-1-5-16-34(26)27/h3-4,8-9,11-14,17,20H,1-2,5-7,10,15-16,18H2. The number of carbonyl (C=O) groups excluding carboxylic acids is 1. The van der Waals surface area contributed by atoms with E-state index in [2.05, 4.69) is 14.8 Å². The lowest BCUT2D eigenvalue weighted by Crippen LogP contribution is -2.40. The summed E-state index contributed by atoms with van der Waals surface area (Å²) in [6, 6.07) is 15.8. The molecule has 0 saturated carbocycles. The molecule has 1 fully saturated rings. The molecule has 6 nitrogen and oxygen atoms in total. The lowest BCUT2D eigenvalue weighted by Gasteiger charge is -2.33. The number of hydrogen-bond acceptors (Lipinski definition) is 4. The van der Waals surface area contributed by atoms with E-state index in [4.69, 9.17) is 4.98 Å². The van der Waals surface area contributed by atoms with Crippen LogP contribution in [0.1, 0.15) is 60.0 Å². The first kappa shape index (κ1) is 21.9. The highest BCUT2D eigenvalue weighted by molar-refractivity contribution is 6.07. The average Bonchev–Trinajstić information content (AvgIpc) is 3.16. The number of fused-ring (bicyclic) bond motifs is 2. The van der Waals surface area contributed by atoms with Gasteiger partial charge in [0.1, 0.15) is 17.5 Å². The number of hydrogen-bond donors (Lipinski definition) is 0. The van der Waals surface area contributed by atoms with E-state index in [9.17, 15) is 9.18 Å². The third-order valence-corrected chi connectivity index (χ3v) is 7.30. The summed E-state index contributed by atoms with van der Waals surface area (Å²) in [4.78, 5) is 20.6. The number of piperidine rings is 1. The number of amides is 1. The smallest absolute Gasteiger partial charge is 0.254 e. The number of nitrogens with zero attached hydrogens (tertiary/aromatic N) is 5. The summed E-state index contributed by atoms with van der Waals surface area (Å²) in [6.07, 6.45) is 6.48. The third-order valence-electron chi connectivity index (χ3n) is 7.30. The van der Waals surface area contributed by atoms with Crippen LogP contribution >= 0.6 is 0 Å². The van der Waals surface area contributed by atoms with Gasteiger partial charge in [-0.1, -0.05) is 24.6 Å². The van der Waals surface area contributed by atoms with E-state index in [-0.39, 0.29) is 17.6 Å². The molecule has 1 saturated heterocycles. The second-order valence-electron chi connectivity index (χ2n) is 9.61. The lowest BCUT2D eigenvalue weighted by molar-refractivity contribution is 0.0705.